The number of carbonyl (C=O) groups is 2. The third-order valence-electron chi connectivity index (χ3n) is 4.72. The summed E-state index contributed by atoms with van der Waals surface area (Å²) in [7, 11) is -3.83. The van der Waals surface area contributed by atoms with Crippen molar-refractivity contribution in [2.45, 2.75) is 17.9 Å². The lowest BCUT2D eigenvalue weighted by atomic mass is 10.2. The van der Waals surface area contributed by atoms with Crippen molar-refractivity contribution in [3.8, 4) is 0 Å². The van der Waals surface area contributed by atoms with Gasteiger partial charge in [0, 0.05) is 16.8 Å². The monoisotopic (exact) mass is 496 g/mol. The number of azo groups is 1. The summed E-state index contributed by atoms with van der Waals surface area (Å²) in [4.78, 5) is 29.2. The number of nitrogens with one attached hydrogen (secondary N) is 1. The maximum absolute atomic E-state index is 12.7. The first-order valence-electron chi connectivity index (χ1n) is 9.88. The van der Waals surface area contributed by atoms with Gasteiger partial charge in [0.15, 0.2) is 6.04 Å². The maximum atomic E-state index is 12.7. The van der Waals surface area contributed by atoms with Crippen molar-refractivity contribution in [3.63, 3.8) is 0 Å². The summed E-state index contributed by atoms with van der Waals surface area (Å²) < 4.78 is 27.4. The van der Waals surface area contributed by atoms with E-state index in [1.165, 1.54) is 48.7 Å². The SMILES string of the molecule is CC1=NN(C(=O)c2ccc(Cl)cc2)C(=O)[C@H]1N=Nc1ccc(S(=O)(=O)Nc2ccccn2)cc1. The molecule has 34 heavy (non-hydrogen) atoms. The Morgan fingerprint density at radius 3 is 2.41 bits per heavy atom. The van der Waals surface area contributed by atoms with E-state index in [0.717, 1.165) is 5.01 Å². The lowest BCUT2D eigenvalue weighted by molar-refractivity contribution is -0.127. The van der Waals surface area contributed by atoms with Crippen LogP contribution in [0.2, 0.25) is 5.02 Å². The molecule has 2 amide bonds. The molecule has 1 aromatic heterocycles. The van der Waals surface area contributed by atoms with Crippen molar-refractivity contribution in [2.75, 3.05) is 4.72 Å². The van der Waals surface area contributed by atoms with E-state index in [0.29, 0.717) is 16.4 Å². The van der Waals surface area contributed by atoms with Crippen molar-refractivity contribution >= 4 is 50.7 Å². The van der Waals surface area contributed by atoms with Gasteiger partial charge in [-0.25, -0.2) is 13.4 Å². The Hall–Kier alpha value is -3.96. The van der Waals surface area contributed by atoms with Gasteiger partial charge in [-0.1, -0.05) is 17.7 Å². The van der Waals surface area contributed by atoms with Gasteiger partial charge in [0.1, 0.15) is 5.82 Å². The normalized spacial score (nSPS) is 16.1. The highest BCUT2D eigenvalue weighted by atomic mass is 35.5. The molecule has 2 heterocycles. The van der Waals surface area contributed by atoms with Crippen LogP contribution in [0.4, 0.5) is 11.5 Å². The average molecular weight is 497 g/mol. The summed E-state index contributed by atoms with van der Waals surface area (Å²) in [6.45, 7) is 1.57. The number of hydrazone groups is 1. The Labute approximate surface area is 200 Å². The number of imide groups is 1. The first kappa shape index (κ1) is 23.2. The number of hydrogen-bond donors (Lipinski definition) is 1. The lowest BCUT2D eigenvalue weighted by Crippen LogP contribution is -2.34. The molecule has 1 aliphatic rings. The highest BCUT2D eigenvalue weighted by molar-refractivity contribution is 7.92. The van der Waals surface area contributed by atoms with Crippen molar-refractivity contribution in [1.29, 1.82) is 0 Å². The van der Waals surface area contributed by atoms with E-state index in [1.807, 2.05) is 0 Å². The smallest absolute Gasteiger partial charge is 0.269 e. The Morgan fingerprint density at radius 1 is 1.06 bits per heavy atom. The number of rotatable bonds is 6. The minimum atomic E-state index is -3.83. The fourth-order valence-electron chi connectivity index (χ4n) is 2.99. The number of benzene rings is 2. The van der Waals surface area contributed by atoms with E-state index in [-0.39, 0.29) is 16.3 Å². The van der Waals surface area contributed by atoms with E-state index >= 15 is 0 Å². The Balaban J connectivity index is 1.45. The number of aromatic nitrogens is 1. The predicted molar refractivity (Wildman–Crippen MR) is 126 cm³/mol. The van der Waals surface area contributed by atoms with Crippen molar-refractivity contribution in [1.82, 2.24) is 9.99 Å². The molecule has 3 aromatic rings. The van der Waals surface area contributed by atoms with Crippen LogP contribution in [0.3, 0.4) is 0 Å². The summed E-state index contributed by atoms with van der Waals surface area (Å²) in [5.74, 6) is -1.05. The standard InChI is InChI=1S/C22H17ClN6O4S/c1-14-20(22(31)29(27-14)21(30)15-5-7-16(23)8-6-15)26-25-17-9-11-18(12-10-17)34(32,33)28-19-4-2-3-13-24-19/h2-13,20H,1H3,(H,24,28)/t20-/m0/s1. The van der Waals surface area contributed by atoms with Crippen LogP contribution in [0.5, 0.6) is 0 Å². The van der Waals surface area contributed by atoms with Crippen LogP contribution < -0.4 is 4.72 Å². The van der Waals surface area contributed by atoms with Gasteiger partial charge in [-0.05, 0) is 67.6 Å². The third kappa shape index (κ3) is 5.00. The van der Waals surface area contributed by atoms with E-state index in [2.05, 4.69) is 25.0 Å². The number of anilines is 1. The molecule has 0 fully saturated rings. The first-order valence-corrected chi connectivity index (χ1v) is 11.7. The van der Waals surface area contributed by atoms with Gasteiger partial charge in [0.2, 0.25) is 0 Å². The minimum Gasteiger partial charge on any atom is -0.269 e. The second-order valence-corrected chi connectivity index (χ2v) is 9.25. The molecule has 0 radical (unpaired) electrons. The number of carbonyl (C=O) groups excluding carboxylic acids is 2. The molecule has 0 aliphatic carbocycles. The molecule has 0 bridgehead atoms. The third-order valence-corrected chi connectivity index (χ3v) is 6.34. The van der Waals surface area contributed by atoms with Crippen molar-refractivity contribution < 1.29 is 18.0 Å². The number of nitrogens with zero attached hydrogens (tertiary/aromatic N) is 5. The fourth-order valence-corrected chi connectivity index (χ4v) is 4.12. The molecular formula is C22H17ClN6O4S. The highest BCUT2D eigenvalue weighted by Gasteiger charge is 2.38. The van der Waals surface area contributed by atoms with Crippen LogP contribution in [-0.2, 0) is 14.8 Å². The van der Waals surface area contributed by atoms with Gasteiger partial charge < -0.3 is 0 Å². The van der Waals surface area contributed by atoms with Crippen LogP contribution >= 0.6 is 11.6 Å². The first-order chi connectivity index (χ1) is 16.2. The van der Waals surface area contributed by atoms with E-state index in [1.54, 1.807) is 31.2 Å². The summed E-state index contributed by atoms with van der Waals surface area (Å²) in [5, 5.41) is 13.3. The molecule has 1 atom stereocenters. The second kappa shape index (κ2) is 9.49. The summed E-state index contributed by atoms with van der Waals surface area (Å²) >= 11 is 5.84. The summed E-state index contributed by atoms with van der Waals surface area (Å²) in [6.07, 6.45) is 1.47. The molecule has 1 aliphatic heterocycles. The average Bonchev–Trinajstić information content (AvgIpc) is 3.11. The van der Waals surface area contributed by atoms with E-state index < -0.39 is 27.9 Å². The number of hydrogen-bond acceptors (Lipinski definition) is 8. The zero-order chi connectivity index (χ0) is 24.3. The number of amides is 2. The van der Waals surface area contributed by atoms with Crippen LogP contribution in [0, 0.1) is 0 Å². The van der Waals surface area contributed by atoms with Crippen LogP contribution in [0.1, 0.15) is 17.3 Å². The zero-order valence-electron chi connectivity index (χ0n) is 17.7. The summed E-state index contributed by atoms with van der Waals surface area (Å²) in [5.41, 5.74) is 0.873. The highest BCUT2D eigenvalue weighted by Crippen LogP contribution is 2.22. The number of halogens is 1. The fraction of sp³-hybridized carbons (Fsp3) is 0.0909. The molecular weight excluding hydrogens is 480 g/mol. The van der Waals surface area contributed by atoms with Crippen molar-refractivity contribution in [2.24, 2.45) is 15.3 Å². The minimum absolute atomic E-state index is 0.00604. The second-order valence-electron chi connectivity index (χ2n) is 7.14. The number of sulfonamides is 1. The zero-order valence-corrected chi connectivity index (χ0v) is 19.2. The van der Waals surface area contributed by atoms with Crippen LogP contribution in [0.25, 0.3) is 0 Å². The molecule has 0 saturated carbocycles. The molecule has 12 heteroatoms. The quantitative estimate of drug-likeness (QED) is 0.406. The van der Waals surface area contributed by atoms with Gasteiger partial charge in [0.25, 0.3) is 21.8 Å². The Kier molecular flexibility index (Phi) is 6.48. The Morgan fingerprint density at radius 2 is 1.76 bits per heavy atom. The van der Waals surface area contributed by atoms with E-state index in [4.69, 9.17) is 11.6 Å². The van der Waals surface area contributed by atoms with Gasteiger partial charge in [-0.3, -0.25) is 14.3 Å². The molecule has 1 N–H and O–H groups in total. The number of pyridine rings is 1. The predicted octanol–water partition coefficient (Wildman–Crippen LogP) is 4.05. The molecule has 0 saturated heterocycles. The largest absolute Gasteiger partial charge is 0.282 e. The molecule has 4 rings (SSSR count). The summed E-state index contributed by atoms with van der Waals surface area (Å²) in [6, 6.07) is 15.5. The van der Waals surface area contributed by atoms with Gasteiger partial charge >= 0.3 is 0 Å². The van der Waals surface area contributed by atoms with Crippen LogP contribution in [-0.4, -0.2) is 42.0 Å². The molecule has 10 nitrogen and oxygen atoms in total. The Bertz CT molecular complexity index is 1390. The van der Waals surface area contributed by atoms with Gasteiger partial charge in [0.05, 0.1) is 16.3 Å². The molecule has 0 spiro atoms. The molecule has 0 unspecified atom stereocenters. The van der Waals surface area contributed by atoms with Crippen LogP contribution in [0.15, 0.2) is 93.2 Å². The maximum Gasteiger partial charge on any atom is 0.282 e. The molecule has 2 aromatic carbocycles. The van der Waals surface area contributed by atoms with Gasteiger partial charge in [-0.15, -0.1) is 0 Å². The lowest BCUT2D eigenvalue weighted by Gasteiger charge is -2.10. The van der Waals surface area contributed by atoms with Gasteiger partial charge in [-0.2, -0.15) is 20.3 Å². The topological polar surface area (TPSA) is 134 Å². The molecule has 172 valence electrons. The van der Waals surface area contributed by atoms with Crippen molar-refractivity contribution in [3.05, 3.63) is 83.5 Å². The van der Waals surface area contributed by atoms with E-state index in [9.17, 15) is 18.0 Å².